The van der Waals surface area contributed by atoms with Crippen molar-refractivity contribution in [3.05, 3.63) is 24.2 Å². The van der Waals surface area contributed by atoms with Crippen molar-refractivity contribution >= 4 is 28.4 Å². The molecule has 1 fully saturated rings. The van der Waals surface area contributed by atoms with E-state index in [2.05, 4.69) is 9.97 Å². The fraction of sp³-hybridized carbons (Fsp3) is 0.500. The maximum absolute atomic E-state index is 11.8. The van der Waals surface area contributed by atoms with E-state index in [0.29, 0.717) is 22.2 Å². The van der Waals surface area contributed by atoms with E-state index in [1.807, 2.05) is 0 Å². The summed E-state index contributed by atoms with van der Waals surface area (Å²) in [6, 6.07) is 0. The van der Waals surface area contributed by atoms with Gasteiger partial charge in [-0.3, -0.25) is 0 Å². The van der Waals surface area contributed by atoms with E-state index in [1.165, 1.54) is 23.9 Å². The number of aliphatic hydroxyl groups is 3. The zero-order valence-electron chi connectivity index (χ0n) is 15.9. The molecule has 0 aliphatic carbocycles. The minimum atomic E-state index is -1.70. The summed E-state index contributed by atoms with van der Waals surface area (Å²) >= 11 is 0. The molecule has 152 valence electrons. The summed E-state index contributed by atoms with van der Waals surface area (Å²) in [5.74, 6) is -0.316. The number of fused-ring (bicyclic) bond motifs is 1. The lowest BCUT2D eigenvalue weighted by Crippen LogP contribution is -2.44. The molecule has 3 heterocycles. The number of allylic oxidation sites excluding steroid dienone is 1. The van der Waals surface area contributed by atoms with Crippen LogP contribution < -0.4 is 5.73 Å². The molecule has 10 heteroatoms. The van der Waals surface area contributed by atoms with Crippen molar-refractivity contribution in [1.82, 2.24) is 14.5 Å². The highest BCUT2D eigenvalue weighted by molar-refractivity contribution is 6.01. The number of ether oxygens (including phenoxy) is 2. The van der Waals surface area contributed by atoms with Crippen molar-refractivity contribution in [2.24, 2.45) is 0 Å². The smallest absolute Gasteiger partial charge is 0.331 e. The number of carbonyl (C=O) groups excluding carboxylic acids is 1. The lowest BCUT2D eigenvalue weighted by atomic mass is 9.96. The number of nitrogens with two attached hydrogens (primary N) is 1. The second kappa shape index (κ2) is 7.47. The number of esters is 1. The number of carbonyl (C=O) groups is 1. The van der Waals surface area contributed by atoms with Crippen LogP contribution >= 0.6 is 0 Å². The van der Waals surface area contributed by atoms with Gasteiger partial charge in [-0.15, -0.1) is 0 Å². The molecule has 0 spiro atoms. The van der Waals surface area contributed by atoms with Gasteiger partial charge in [0.05, 0.1) is 18.6 Å². The molecule has 5 N–H and O–H groups in total. The molecule has 1 aliphatic rings. The highest BCUT2D eigenvalue weighted by atomic mass is 16.6. The van der Waals surface area contributed by atoms with Crippen LogP contribution in [-0.4, -0.2) is 66.8 Å². The second-order valence-corrected chi connectivity index (χ2v) is 6.87. The summed E-state index contributed by atoms with van der Waals surface area (Å²) in [4.78, 5) is 20.1. The normalized spacial score (nSPS) is 28.1. The Hall–Kier alpha value is -2.53. The molecule has 1 saturated heterocycles. The number of nitrogen functional groups attached to an aromatic ring is 1. The summed E-state index contributed by atoms with van der Waals surface area (Å²) in [6.45, 7) is 4.62. The molecule has 1 unspecified atom stereocenters. The maximum atomic E-state index is 11.8. The Morgan fingerprint density at radius 2 is 2.21 bits per heavy atom. The van der Waals surface area contributed by atoms with Crippen LogP contribution in [0.15, 0.2) is 18.6 Å². The van der Waals surface area contributed by atoms with Crippen LogP contribution in [0.1, 0.15) is 32.6 Å². The van der Waals surface area contributed by atoms with Gasteiger partial charge < -0.3 is 35.1 Å². The molecule has 3 rings (SSSR count). The van der Waals surface area contributed by atoms with E-state index in [4.69, 9.17) is 15.2 Å². The summed E-state index contributed by atoms with van der Waals surface area (Å²) in [5, 5.41) is 31.0. The topological polar surface area (TPSA) is 153 Å². The molecule has 0 radical (unpaired) electrons. The number of nitrogens with zero attached hydrogens (tertiary/aromatic N) is 3. The third-order valence-electron chi connectivity index (χ3n) is 4.87. The summed E-state index contributed by atoms with van der Waals surface area (Å²) in [7, 11) is 0. The van der Waals surface area contributed by atoms with Gasteiger partial charge in [0.15, 0.2) is 6.23 Å². The number of hydrogen-bond acceptors (Lipinski definition) is 9. The molecule has 0 bridgehead atoms. The van der Waals surface area contributed by atoms with Gasteiger partial charge in [-0.25, -0.2) is 14.8 Å². The molecule has 1 aliphatic heterocycles. The fourth-order valence-electron chi connectivity index (χ4n) is 3.41. The highest BCUT2D eigenvalue weighted by Gasteiger charge is 2.53. The average molecular weight is 392 g/mol. The van der Waals surface area contributed by atoms with Crippen LogP contribution in [0.2, 0.25) is 0 Å². The van der Waals surface area contributed by atoms with Crippen molar-refractivity contribution in [2.75, 3.05) is 18.9 Å². The van der Waals surface area contributed by atoms with Crippen molar-refractivity contribution in [1.29, 1.82) is 0 Å². The first-order valence-electron chi connectivity index (χ1n) is 8.85. The third kappa shape index (κ3) is 3.24. The lowest BCUT2D eigenvalue weighted by Gasteiger charge is -2.27. The Morgan fingerprint density at radius 3 is 2.82 bits per heavy atom. The summed E-state index contributed by atoms with van der Waals surface area (Å²) < 4.78 is 12.2. The fourth-order valence-corrected chi connectivity index (χ4v) is 3.41. The molecule has 0 aromatic carbocycles. The predicted octanol–water partition coefficient (Wildman–Crippen LogP) is -0.0185. The van der Waals surface area contributed by atoms with Gasteiger partial charge >= 0.3 is 5.97 Å². The molecule has 0 amide bonds. The number of aromatic nitrogens is 3. The van der Waals surface area contributed by atoms with Gasteiger partial charge in [0, 0.05) is 17.8 Å². The molecule has 0 saturated carbocycles. The van der Waals surface area contributed by atoms with E-state index in [0.717, 1.165) is 0 Å². The first-order valence-corrected chi connectivity index (χ1v) is 8.85. The SMILES string of the molecule is CCOC(=O)/C=C(\C)c1cn(C2O[C@H](CO)[C@@H](O)[C@@]2(C)O)c2ncnc(N)c12. The van der Waals surface area contributed by atoms with Crippen molar-refractivity contribution in [3.63, 3.8) is 0 Å². The minimum Gasteiger partial charge on any atom is -0.463 e. The van der Waals surface area contributed by atoms with E-state index < -0.39 is 36.6 Å². The Kier molecular flexibility index (Phi) is 5.39. The number of aliphatic hydroxyl groups excluding tert-OH is 2. The van der Waals surface area contributed by atoms with Crippen LogP contribution in [-0.2, 0) is 14.3 Å². The summed E-state index contributed by atoms with van der Waals surface area (Å²) in [5.41, 5.74) is 5.82. The lowest BCUT2D eigenvalue weighted by molar-refractivity contribution is -0.137. The Balaban J connectivity index is 2.16. The predicted molar refractivity (Wildman–Crippen MR) is 99.9 cm³/mol. The van der Waals surface area contributed by atoms with Gasteiger partial charge in [0.1, 0.15) is 35.6 Å². The molecule has 10 nitrogen and oxygen atoms in total. The zero-order valence-corrected chi connectivity index (χ0v) is 15.9. The van der Waals surface area contributed by atoms with Gasteiger partial charge in [0.25, 0.3) is 0 Å². The quantitative estimate of drug-likeness (QED) is 0.406. The first kappa shape index (κ1) is 20.2. The number of rotatable bonds is 5. The molecule has 4 atom stereocenters. The molecular weight excluding hydrogens is 368 g/mol. The Bertz CT molecular complexity index is 922. The largest absolute Gasteiger partial charge is 0.463 e. The van der Waals surface area contributed by atoms with E-state index in [-0.39, 0.29) is 12.4 Å². The highest BCUT2D eigenvalue weighted by Crippen LogP contribution is 2.41. The Labute approximate surface area is 161 Å². The van der Waals surface area contributed by atoms with Crippen molar-refractivity contribution in [2.45, 2.75) is 44.8 Å². The van der Waals surface area contributed by atoms with E-state index >= 15 is 0 Å². The molecule has 2 aromatic heterocycles. The second-order valence-electron chi connectivity index (χ2n) is 6.87. The van der Waals surface area contributed by atoms with Crippen molar-refractivity contribution < 1.29 is 29.6 Å². The standard InChI is InChI=1S/C18H24N4O6/c1-4-27-12(24)5-9(2)10-6-22(16-13(10)15(19)20-8-21-16)17-18(3,26)14(25)11(7-23)28-17/h5-6,8,11,14,17,23,25-26H,4,7H2,1-3H3,(H2,19,20,21)/b9-5+/t11-,14-,17?,18-/m1/s1. The van der Waals surface area contributed by atoms with Crippen LogP contribution in [0, 0.1) is 0 Å². The van der Waals surface area contributed by atoms with Gasteiger partial charge in [0.2, 0.25) is 0 Å². The summed E-state index contributed by atoms with van der Waals surface area (Å²) in [6.07, 6.45) is 0.905. The maximum Gasteiger partial charge on any atom is 0.331 e. The van der Waals surface area contributed by atoms with Crippen LogP contribution in [0.4, 0.5) is 5.82 Å². The van der Waals surface area contributed by atoms with Crippen LogP contribution in [0.5, 0.6) is 0 Å². The van der Waals surface area contributed by atoms with E-state index in [1.54, 1.807) is 20.0 Å². The first-order chi connectivity index (χ1) is 13.2. The molecular formula is C18H24N4O6. The van der Waals surface area contributed by atoms with Crippen LogP contribution in [0.3, 0.4) is 0 Å². The monoisotopic (exact) mass is 392 g/mol. The molecule has 2 aromatic rings. The van der Waals surface area contributed by atoms with Gasteiger partial charge in [-0.05, 0) is 26.3 Å². The number of hydrogen-bond donors (Lipinski definition) is 4. The van der Waals surface area contributed by atoms with Gasteiger partial charge in [-0.2, -0.15) is 0 Å². The number of anilines is 1. The van der Waals surface area contributed by atoms with Crippen molar-refractivity contribution in [3.8, 4) is 0 Å². The Morgan fingerprint density at radius 1 is 1.50 bits per heavy atom. The molecule has 28 heavy (non-hydrogen) atoms. The minimum absolute atomic E-state index is 0.187. The van der Waals surface area contributed by atoms with E-state index in [9.17, 15) is 20.1 Å². The van der Waals surface area contributed by atoms with Gasteiger partial charge in [-0.1, -0.05) is 0 Å². The third-order valence-corrected chi connectivity index (χ3v) is 4.87. The average Bonchev–Trinajstić information content (AvgIpc) is 3.12. The van der Waals surface area contributed by atoms with Crippen LogP contribution in [0.25, 0.3) is 16.6 Å². The zero-order chi connectivity index (χ0) is 20.6.